The first-order valence-corrected chi connectivity index (χ1v) is 11.3. The number of hydrogen-bond donors (Lipinski definition) is 0. The van der Waals surface area contributed by atoms with Crippen molar-refractivity contribution in [3.8, 4) is 11.6 Å². The van der Waals surface area contributed by atoms with Crippen molar-refractivity contribution < 1.29 is 0 Å². The lowest BCUT2D eigenvalue weighted by Gasteiger charge is -2.15. The summed E-state index contributed by atoms with van der Waals surface area (Å²) in [4.78, 5) is 9.48. The highest BCUT2D eigenvalue weighted by Crippen LogP contribution is 2.42. The van der Waals surface area contributed by atoms with Crippen molar-refractivity contribution in [2.24, 2.45) is 0 Å². The number of aromatic nitrogens is 4. The highest BCUT2D eigenvalue weighted by atomic mass is 15.1. The number of fused-ring (bicyclic) bond motifs is 7. The van der Waals surface area contributed by atoms with Gasteiger partial charge in [-0.2, -0.15) is 0 Å². The number of benzene rings is 2. The Morgan fingerprint density at radius 1 is 0.594 bits per heavy atom. The number of aryl methyl sites for hydroxylation is 1. The molecule has 0 aliphatic heterocycles. The van der Waals surface area contributed by atoms with Gasteiger partial charge in [0, 0.05) is 34.2 Å². The van der Waals surface area contributed by atoms with Gasteiger partial charge in [-0.15, -0.1) is 0 Å². The molecule has 6 aromatic rings. The zero-order chi connectivity index (χ0) is 21.1. The molecule has 4 heteroatoms. The van der Waals surface area contributed by atoms with Gasteiger partial charge in [-0.1, -0.05) is 36.4 Å². The second-order valence-electron chi connectivity index (χ2n) is 8.55. The van der Waals surface area contributed by atoms with Gasteiger partial charge in [-0.3, -0.25) is 9.13 Å². The van der Waals surface area contributed by atoms with Gasteiger partial charge < -0.3 is 0 Å². The van der Waals surface area contributed by atoms with Crippen LogP contribution in [-0.4, -0.2) is 19.1 Å². The molecule has 4 aromatic heterocycles. The minimum Gasteiger partial charge on any atom is -0.298 e. The molecule has 0 saturated heterocycles. The molecular weight excluding hydrogens is 392 g/mol. The van der Waals surface area contributed by atoms with Gasteiger partial charge in [-0.05, 0) is 67.6 Å². The largest absolute Gasteiger partial charge is 0.298 e. The number of nitrogens with zero attached hydrogens (tertiary/aromatic N) is 4. The molecule has 0 saturated carbocycles. The number of hydrogen-bond acceptors (Lipinski definition) is 2. The Hall–Kier alpha value is -3.92. The van der Waals surface area contributed by atoms with Gasteiger partial charge >= 0.3 is 0 Å². The SMILES string of the molecule is c1ccc(-n2c3c(c4c2ccc2c5ccccc5n(-c5ccccn5)c24)CCCC3)nc1. The lowest BCUT2D eigenvalue weighted by Crippen LogP contribution is -2.07. The van der Waals surface area contributed by atoms with E-state index >= 15 is 0 Å². The third-order valence-corrected chi connectivity index (χ3v) is 6.82. The van der Waals surface area contributed by atoms with Crippen LogP contribution < -0.4 is 0 Å². The highest BCUT2D eigenvalue weighted by molar-refractivity contribution is 6.19. The molecule has 0 N–H and O–H groups in total. The van der Waals surface area contributed by atoms with Crippen molar-refractivity contribution in [1.29, 1.82) is 0 Å². The van der Waals surface area contributed by atoms with Crippen LogP contribution in [0.15, 0.2) is 85.2 Å². The standard InChI is InChI=1S/C28H22N4/c1-3-11-22-19(9-1)20-15-16-24-27(28(20)32(22)26-14-6-8-18-30-26)21-10-2-4-12-23(21)31(24)25-13-5-7-17-29-25/h1,3,5-9,11,13-18H,2,4,10,12H2. The van der Waals surface area contributed by atoms with E-state index in [9.17, 15) is 0 Å². The van der Waals surface area contributed by atoms with Gasteiger partial charge in [0.2, 0.25) is 0 Å². The average Bonchev–Trinajstić information content (AvgIpc) is 3.38. The summed E-state index contributed by atoms with van der Waals surface area (Å²) in [5.74, 6) is 1.96. The van der Waals surface area contributed by atoms with Crippen LogP contribution in [0.3, 0.4) is 0 Å². The van der Waals surface area contributed by atoms with Crippen LogP contribution in [-0.2, 0) is 12.8 Å². The summed E-state index contributed by atoms with van der Waals surface area (Å²) >= 11 is 0. The molecule has 0 unspecified atom stereocenters. The van der Waals surface area contributed by atoms with Gasteiger partial charge in [0.1, 0.15) is 11.6 Å². The van der Waals surface area contributed by atoms with Crippen molar-refractivity contribution in [1.82, 2.24) is 19.1 Å². The maximum atomic E-state index is 4.75. The minimum absolute atomic E-state index is 0.960. The molecule has 154 valence electrons. The zero-order valence-electron chi connectivity index (χ0n) is 17.7. The molecule has 1 aliphatic carbocycles. The summed E-state index contributed by atoms with van der Waals surface area (Å²) in [6, 6.07) is 25.6. The molecular formula is C28H22N4. The highest BCUT2D eigenvalue weighted by Gasteiger charge is 2.25. The Labute approximate surface area is 185 Å². The fraction of sp³-hybridized carbons (Fsp3) is 0.143. The van der Waals surface area contributed by atoms with Crippen LogP contribution >= 0.6 is 0 Å². The number of pyridine rings is 2. The van der Waals surface area contributed by atoms with E-state index in [1.807, 2.05) is 24.5 Å². The molecule has 32 heavy (non-hydrogen) atoms. The number of para-hydroxylation sites is 1. The third-order valence-electron chi connectivity index (χ3n) is 6.82. The van der Waals surface area contributed by atoms with Crippen LogP contribution in [0.5, 0.6) is 0 Å². The molecule has 0 radical (unpaired) electrons. The van der Waals surface area contributed by atoms with Crippen LogP contribution in [0, 0.1) is 0 Å². The Kier molecular flexibility index (Phi) is 3.76. The Bertz CT molecular complexity index is 1610. The zero-order valence-corrected chi connectivity index (χ0v) is 17.7. The van der Waals surface area contributed by atoms with Crippen LogP contribution in [0.4, 0.5) is 0 Å². The average molecular weight is 415 g/mol. The topological polar surface area (TPSA) is 35.6 Å². The summed E-state index contributed by atoms with van der Waals surface area (Å²) < 4.78 is 4.74. The van der Waals surface area contributed by atoms with E-state index in [0.717, 1.165) is 24.5 Å². The van der Waals surface area contributed by atoms with Gasteiger partial charge in [0.15, 0.2) is 0 Å². The fourth-order valence-electron chi connectivity index (χ4n) is 5.55. The van der Waals surface area contributed by atoms with Gasteiger partial charge in [0.25, 0.3) is 0 Å². The van der Waals surface area contributed by atoms with Crippen LogP contribution in [0.2, 0.25) is 0 Å². The molecule has 4 nitrogen and oxygen atoms in total. The molecule has 0 fully saturated rings. The summed E-state index contributed by atoms with van der Waals surface area (Å²) in [5, 5.41) is 3.90. The lowest BCUT2D eigenvalue weighted by molar-refractivity contribution is 0.665. The van der Waals surface area contributed by atoms with E-state index in [1.54, 1.807) is 0 Å². The summed E-state index contributed by atoms with van der Waals surface area (Å²) in [6.07, 6.45) is 8.42. The summed E-state index contributed by atoms with van der Waals surface area (Å²) in [6.45, 7) is 0. The van der Waals surface area contributed by atoms with E-state index in [0.29, 0.717) is 0 Å². The summed E-state index contributed by atoms with van der Waals surface area (Å²) in [7, 11) is 0. The van der Waals surface area contributed by atoms with E-state index in [4.69, 9.17) is 9.97 Å². The summed E-state index contributed by atoms with van der Waals surface area (Å²) in [5.41, 5.74) is 6.58. The quantitative estimate of drug-likeness (QED) is 0.329. The van der Waals surface area contributed by atoms with Gasteiger partial charge in [-0.25, -0.2) is 9.97 Å². The lowest BCUT2D eigenvalue weighted by atomic mass is 9.94. The van der Waals surface area contributed by atoms with E-state index in [-0.39, 0.29) is 0 Å². The van der Waals surface area contributed by atoms with Crippen molar-refractivity contribution in [2.45, 2.75) is 25.7 Å². The second-order valence-corrected chi connectivity index (χ2v) is 8.55. The maximum Gasteiger partial charge on any atom is 0.137 e. The van der Waals surface area contributed by atoms with Crippen LogP contribution in [0.1, 0.15) is 24.1 Å². The van der Waals surface area contributed by atoms with Crippen LogP contribution in [0.25, 0.3) is 44.3 Å². The predicted octanol–water partition coefficient (Wildman–Crippen LogP) is 6.40. The van der Waals surface area contributed by atoms with E-state index in [1.165, 1.54) is 56.8 Å². The smallest absolute Gasteiger partial charge is 0.137 e. The minimum atomic E-state index is 0.960. The Balaban J connectivity index is 1.72. The van der Waals surface area contributed by atoms with Crippen molar-refractivity contribution in [3.63, 3.8) is 0 Å². The number of rotatable bonds is 2. The van der Waals surface area contributed by atoms with E-state index < -0.39 is 0 Å². The molecule has 7 rings (SSSR count). The Morgan fingerprint density at radius 2 is 1.31 bits per heavy atom. The third kappa shape index (κ3) is 2.38. The fourth-order valence-corrected chi connectivity index (χ4v) is 5.55. The molecule has 0 spiro atoms. The monoisotopic (exact) mass is 414 g/mol. The maximum absolute atomic E-state index is 4.75. The molecule has 2 aromatic carbocycles. The van der Waals surface area contributed by atoms with Crippen molar-refractivity contribution in [3.05, 3.63) is 96.4 Å². The normalized spacial score (nSPS) is 13.8. The molecule has 1 aliphatic rings. The molecule has 0 bridgehead atoms. The molecule has 0 amide bonds. The van der Waals surface area contributed by atoms with Crippen molar-refractivity contribution in [2.75, 3.05) is 0 Å². The first-order valence-electron chi connectivity index (χ1n) is 11.3. The van der Waals surface area contributed by atoms with Gasteiger partial charge in [0.05, 0.1) is 16.6 Å². The van der Waals surface area contributed by atoms with Crippen molar-refractivity contribution >= 4 is 32.7 Å². The molecule has 4 heterocycles. The first-order chi connectivity index (χ1) is 15.9. The predicted molar refractivity (Wildman–Crippen MR) is 130 cm³/mol. The Morgan fingerprint density at radius 3 is 2.09 bits per heavy atom. The second kappa shape index (κ2) is 6.79. The first kappa shape index (κ1) is 17.7. The van der Waals surface area contributed by atoms with E-state index in [2.05, 4.69) is 69.8 Å². The molecule has 0 atom stereocenters.